The predicted octanol–water partition coefficient (Wildman–Crippen LogP) is 4.05. The number of nitrogens with one attached hydrogen (secondary N) is 1. The molecule has 0 saturated heterocycles. The summed E-state index contributed by atoms with van der Waals surface area (Å²) in [4.78, 5) is 0. The molecule has 0 aliphatic heterocycles. The highest BCUT2D eigenvalue weighted by molar-refractivity contribution is 6.30. The van der Waals surface area contributed by atoms with Gasteiger partial charge in [-0.05, 0) is 55.3 Å². The molecule has 1 aromatic rings. The Balaban J connectivity index is 1.99. The molecular weight excluding hydrogens is 230 g/mol. The molecule has 0 spiro atoms. The lowest BCUT2D eigenvalue weighted by Gasteiger charge is -2.25. The van der Waals surface area contributed by atoms with Crippen LogP contribution in [0.25, 0.3) is 0 Å². The van der Waals surface area contributed by atoms with Crippen LogP contribution in [0.15, 0.2) is 24.3 Å². The van der Waals surface area contributed by atoms with Crippen LogP contribution in [0.1, 0.15) is 38.7 Å². The van der Waals surface area contributed by atoms with Crippen molar-refractivity contribution in [1.82, 2.24) is 5.32 Å². The van der Waals surface area contributed by atoms with E-state index in [9.17, 15) is 0 Å². The van der Waals surface area contributed by atoms with Gasteiger partial charge in [-0.2, -0.15) is 0 Å². The second kappa shape index (κ2) is 5.41. The summed E-state index contributed by atoms with van der Waals surface area (Å²) in [5, 5.41) is 4.53. The standard InChI is InChI=1S/C15H22ClN/c1-3-10-17-14(15(2)8-9-15)11-12-4-6-13(16)7-5-12/h4-7,14,17H,3,8-11H2,1-2H3. The summed E-state index contributed by atoms with van der Waals surface area (Å²) in [5.74, 6) is 0. The van der Waals surface area contributed by atoms with E-state index in [2.05, 4.69) is 31.3 Å². The molecule has 1 aromatic carbocycles. The second-order valence-corrected chi connectivity index (χ2v) is 5.93. The van der Waals surface area contributed by atoms with Crippen LogP contribution in [0, 0.1) is 5.41 Å². The van der Waals surface area contributed by atoms with Gasteiger partial charge in [0, 0.05) is 11.1 Å². The van der Waals surface area contributed by atoms with E-state index < -0.39 is 0 Å². The summed E-state index contributed by atoms with van der Waals surface area (Å²) >= 11 is 5.92. The highest BCUT2D eigenvalue weighted by Crippen LogP contribution is 2.48. The van der Waals surface area contributed by atoms with Gasteiger partial charge in [-0.15, -0.1) is 0 Å². The lowest BCUT2D eigenvalue weighted by atomic mass is 9.92. The molecule has 2 heteroatoms. The summed E-state index contributed by atoms with van der Waals surface area (Å²) in [6.45, 7) is 5.74. The van der Waals surface area contributed by atoms with Crippen LogP contribution in [-0.4, -0.2) is 12.6 Å². The third-order valence-corrected chi connectivity index (χ3v) is 4.13. The van der Waals surface area contributed by atoms with Gasteiger partial charge in [-0.3, -0.25) is 0 Å². The summed E-state index contributed by atoms with van der Waals surface area (Å²) < 4.78 is 0. The van der Waals surface area contributed by atoms with Crippen molar-refractivity contribution in [2.75, 3.05) is 6.54 Å². The monoisotopic (exact) mass is 251 g/mol. The molecule has 1 saturated carbocycles. The third kappa shape index (κ3) is 3.46. The fraction of sp³-hybridized carbons (Fsp3) is 0.600. The quantitative estimate of drug-likeness (QED) is 0.804. The SMILES string of the molecule is CCCNC(Cc1ccc(Cl)cc1)C1(C)CC1. The molecule has 94 valence electrons. The van der Waals surface area contributed by atoms with E-state index in [-0.39, 0.29) is 0 Å². The molecule has 2 rings (SSSR count). The van der Waals surface area contributed by atoms with E-state index in [1.807, 2.05) is 12.1 Å². The van der Waals surface area contributed by atoms with Gasteiger partial charge >= 0.3 is 0 Å². The molecule has 0 amide bonds. The molecule has 0 heterocycles. The molecule has 1 atom stereocenters. The van der Waals surface area contributed by atoms with Crippen molar-refractivity contribution in [3.8, 4) is 0 Å². The zero-order valence-electron chi connectivity index (χ0n) is 10.8. The van der Waals surface area contributed by atoms with Crippen LogP contribution in [0.3, 0.4) is 0 Å². The van der Waals surface area contributed by atoms with E-state index in [4.69, 9.17) is 11.6 Å². The minimum Gasteiger partial charge on any atom is -0.313 e. The smallest absolute Gasteiger partial charge is 0.0406 e. The minimum atomic E-state index is 0.523. The van der Waals surface area contributed by atoms with Crippen LogP contribution in [-0.2, 0) is 6.42 Å². The first kappa shape index (κ1) is 12.9. The largest absolute Gasteiger partial charge is 0.313 e. The third-order valence-electron chi connectivity index (χ3n) is 3.87. The second-order valence-electron chi connectivity index (χ2n) is 5.49. The van der Waals surface area contributed by atoms with Gasteiger partial charge in [-0.1, -0.05) is 37.6 Å². The van der Waals surface area contributed by atoms with Gasteiger partial charge in [0.25, 0.3) is 0 Å². The van der Waals surface area contributed by atoms with E-state index in [1.54, 1.807) is 0 Å². The predicted molar refractivity (Wildman–Crippen MR) is 74.6 cm³/mol. The zero-order chi connectivity index (χ0) is 12.3. The van der Waals surface area contributed by atoms with Crippen molar-refractivity contribution >= 4 is 11.6 Å². The van der Waals surface area contributed by atoms with Crippen molar-refractivity contribution in [2.24, 2.45) is 5.41 Å². The maximum absolute atomic E-state index is 5.92. The molecule has 0 bridgehead atoms. The summed E-state index contributed by atoms with van der Waals surface area (Å²) in [6.07, 6.45) is 5.05. The molecule has 1 N–H and O–H groups in total. The molecular formula is C15H22ClN. The van der Waals surface area contributed by atoms with Gasteiger partial charge < -0.3 is 5.32 Å². The molecule has 1 aliphatic carbocycles. The van der Waals surface area contributed by atoms with Gasteiger partial charge in [0.15, 0.2) is 0 Å². The average molecular weight is 252 g/mol. The first-order chi connectivity index (χ1) is 8.14. The number of hydrogen-bond donors (Lipinski definition) is 1. The Morgan fingerprint density at radius 2 is 1.94 bits per heavy atom. The van der Waals surface area contributed by atoms with Crippen molar-refractivity contribution in [3.63, 3.8) is 0 Å². The summed E-state index contributed by atoms with van der Waals surface area (Å²) in [6, 6.07) is 8.89. The first-order valence-electron chi connectivity index (χ1n) is 6.62. The number of halogens is 1. The number of hydrogen-bond acceptors (Lipinski definition) is 1. The number of benzene rings is 1. The van der Waals surface area contributed by atoms with Gasteiger partial charge in [0.05, 0.1) is 0 Å². The van der Waals surface area contributed by atoms with Gasteiger partial charge in [0.2, 0.25) is 0 Å². The molecule has 1 fully saturated rings. The summed E-state index contributed by atoms with van der Waals surface area (Å²) in [5.41, 5.74) is 1.91. The fourth-order valence-corrected chi connectivity index (χ4v) is 2.41. The van der Waals surface area contributed by atoms with Crippen LogP contribution >= 0.6 is 11.6 Å². The van der Waals surface area contributed by atoms with Gasteiger partial charge in [-0.25, -0.2) is 0 Å². The maximum atomic E-state index is 5.92. The van der Waals surface area contributed by atoms with E-state index in [0.29, 0.717) is 11.5 Å². The first-order valence-corrected chi connectivity index (χ1v) is 7.00. The minimum absolute atomic E-state index is 0.523. The van der Waals surface area contributed by atoms with Crippen molar-refractivity contribution < 1.29 is 0 Å². The average Bonchev–Trinajstić information content (AvgIpc) is 3.06. The fourth-order valence-electron chi connectivity index (χ4n) is 2.29. The lowest BCUT2D eigenvalue weighted by Crippen LogP contribution is -2.38. The Kier molecular flexibility index (Phi) is 4.11. The lowest BCUT2D eigenvalue weighted by molar-refractivity contribution is 0.354. The maximum Gasteiger partial charge on any atom is 0.0406 e. The van der Waals surface area contributed by atoms with Crippen molar-refractivity contribution in [2.45, 2.75) is 45.6 Å². The summed E-state index contributed by atoms with van der Waals surface area (Å²) in [7, 11) is 0. The van der Waals surface area contributed by atoms with Crippen molar-refractivity contribution in [1.29, 1.82) is 0 Å². The highest BCUT2D eigenvalue weighted by Gasteiger charge is 2.44. The van der Waals surface area contributed by atoms with Crippen LogP contribution < -0.4 is 5.32 Å². The topological polar surface area (TPSA) is 12.0 Å². The molecule has 1 aliphatic rings. The molecule has 0 aromatic heterocycles. The highest BCUT2D eigenvalue weighted by atomic mass is 35.5. The van der Waals surface area contributed by atoms with E-state index >= 15 is 0 Å². The molecule has 1 nitrogen and oxygen atoms in total. The Hall–Kier alpha value is -0.530. The molecule has 1 unspecified atom stereocenters. The Morgan fingerprint density at radius 1 is 1.29 bits per heavy atom. The Labute approximate surface area is 110 Å². The van der Waals surface area contributed by atoms with Gasteiger partial charge in [0.1, 0.15) is 0 Å². The normalized spacial score (nSPS) is 19.0. The van der Waals surface area contributed by atoms with Crippen LogP contribution in [0.5, 0.6) is 0 Å². The van der Waals surface area contributed by atoms with Crippen LogP contribution in [0.2, 0.25) is 5.02 Å². The molecule has 17 heavy (non-hydrogen) atoms. The molecule has 0 radical (unpaired) electrons. The van der Waals surface area contributed by atoms with E-state index in [1.165, 1.54) is 24.8 Å². The van der Waals surface area contributed by atoms with Crippen molar-refractivity contribution in [3.05, 3.63) is 34.9 Å². The Bertz CT molecular complexity index is 354. The van der Waals surface area contributed by atoms with Crippen LogP contribution in [0.4, 0.5) is 0 Å². The Morgan fingerprint density at radius 3 is 2.47 bits per heavy atom. The zero-order valence-corrected chi connectivity index (χ0v) is 11.6. The number of rotatable bonds is 6. The van der Waals surface area contributed by atoms with E-state index in [0.717, 1.165) is 18.0 Å².